The first kappa shape index (κ1) is 14.5. The fourth-order valence-corrected chi connectivity index (χ4v) is 1.82. The third-order valence-electron chi connectivity index (χ3n) is 2.59. The van der Waals surface area contributed by atoms with Crippen LogP contribution in [0.2, 0.25) is 0 Å². The van der Waals surface area contributed by atoms with Crippen molar-refractivity contribution < 1.29 is 4.79 Å². The van der Waals surface area contributed by atoms with E-state index in [2.05, 4.69) is 42.7 Å². The lowest BCUT2D eigenvalue weighted by molar-refractivity contribution is 0.217. The van der Waals surface area contributed by atoms with Gasteiger partial charge in [-0.25, -0.2) is 4.79 Å². The molecule has 100 valence electrons. The highest BCUT2D eigenvalue weighted by Gasteiger charge is 2.00. The van der Waals surface area contributed by atoms with Gasteiger partial charge in [-0.2, -0.15) is 0 Å². The van der Waals surface area contributed by atoms with Crippen LogP contribution in [0.3, 0.4) is 0 Å². The molecule has 0 unspecified atom stereocenters. The van der Waals surface area contributed by atoms with Gasteiger partial charge in [-0.1, -0.05) is 29.3 Å². The molecule has 0 saturated carbocycles. The van der Waals surface area contributed by atoms with Crippen LogP contribution in [0.25, 0.3) is 0 Å². The van der Waals surface area contributed by atoms with Crippen molar-refractivity contribution in [2.75, 3.05) is 27.2 Å². The minimum Gasteiger partial charge on any atom is -0.337 e. The summed E-state index contributed by atoms with van der Waals surface area (Å²) in [7, 11) is 3.47. The van der Waals surface area contributed by atoms with Crippen LogP contribution in [-0.2, 0) is 6.54 Å². The van der Waals surface area contributed by atoms with Gasteiger partial charge in [-0.05, 0) is 19.4 Å². The summed E-state index contributed by atoms with van der Waals surface area (Å²) in [4.78, 5) is 12.8. The molecule has 0 heterocycles. The van der Waals surface area contributed by atoms with E-state index in [1.165, 1.54) is 21.6 Å². The molecule has 1 aromatic carbocycles. The highest BCUT2D eigenvalue weighted by molar-refractivity contribution is 5.73. The monoisotopic (exact) mass is 249 g/mol. The minimum atomic E-state index is -0.0526. The van der Waals surface area contributed by atoms with E-state index in [0.717, 1.165) is 13.1 Å². The summed E-state index contributed by atoms with van der Waals surface area (Å²) in [6.07, 6.45) is 0. The molecular formula is C14H23N3O. The molecule has 0 bridgehead atoms. The van der Waals surface area contributed by atoms with Crippen molar-refractivity contribution in [3.05, 3.63) is 34.9 Å². The topological polar surface area (TPSA) is 44.4 Å². The lowest BCUT2D eigenvalue weighted by atomic mass is 10.1. The lowest BCUT2D eigenvalue weighted by Gasteiger charge is -2.12. The second-order valence-corrected chi connectivity index (χ2v) is 4.80. The zero-order chi connectivity index (χ0) is 13.5. The predicted octanol–water partition coefficient (Wildman–Crippen LogP) is 1.66. The average molecular weight is 249 g/mol. The van der Waals surface area contributed by atoms with Gasteiger partial charge in [-0.15, -0.1) is 0 Å². The number of amides is 2. The van der Waals surface area contributed by atoms with E-state index in [1.54, 1.807) is 14.1 Å². The SMILES string of the molecule is Cc1cc(C)cc(CNCCNC(=O)N(C)C)c1. The third kappa shape index (κ3) is 5.19. The van der Waals surface area contributed by atoms with E-state index in [1.807, 2.05) is 0 Å². The van der Waals surface area contributed by atoms with Crippen LogP contribution in [-0.4, -0.2) is 38.1 Å². The summed E-state index contributed by atoms with van der Waals surface area (Å²) >= 11 is 0. The van der Waals surface area contributed by atoms with Crippen molar-refractivity contribution in [1.82, 2.24) is 15.5 Å². The van der Waals surface area contributed by atoms with Crippen molar-refractivity contribution in [1.29, 1.82) is 0 Å². The Bertz CT molecular complexity index is 382. The molecule has 0 aliphatic carbocycles. The van der Waals surface area contributed by atoms with E-state index in [0.29, 0.717) is 6.54 Å². The molecule has 18 heavy (non-hydrogen) atoms. The smallest absolute Gasteiger partial charge is 0.316 e. The van der Waals surface area contributed by atoms with Crippen LogP contribution in [0.4, 0.5) is 4.79 Å². The van der Waals surface area contributed by atoms with Crippen LogP contribution < -0.4 is 10.6 Å². The van der Waals surface area contributed by atoms with Crippen molar-refractivity contribution in [3.63, 3.8) is 0 Å². The number of hydrogen-bond donors (Lipinski definition) is 2. The lowest BCUT2D eigenvalue weighted by Crippen LogP contribution is -2.38. The zero-order valence-corrected chi connectivity index (χ0v) is 11.7. The summed E-state index contributed by atoms with van der Waals surface area (Å²) in [5, 5.41) is 6.13. The molecule has 0 aliphatic rings. The number of benzene rings is 1. The molecule has 0 spiro atoms. The molecule has 0 aromatic heterocycles. The van der Waals surface area contributed by atoms with E-state index in [4.69, 9.17) is 0 Å². The summed E-state index contributed by atoms with van der Waals surface area (Å²) < 4.78 is 0. The Morgan fingerprint density at radius 2 is 1.72 bits per heavy atom. The van der Waals surface area contributed by atoms with Gasteiger partial charge in [-0.3, -0.25) is 0 Å². The van der Waals surface area contributed by atoms with Gasteiger partial charge in [0.1, 0.15) is 0 Å². The molecule has 4 nitrogen and oxygen atoms in total. The maximum Gasteiger partial charge on any atom is 0.316 e. The van der Waals surface area contributed by atoms with E-state index < -0.39 is 0 Å². The Hall–Kier alpha value is -1.55. The maximum atomic E-state index is 11.3. The minimum absolute atomic E-state index is 0.0526. The van der Waals surface area contributed by atoms with Gasteiger partial charge >= 0.3 is 6.03 Å². The molecule has 0 aliphatic heterocycles. The van der Waals surface area contributed by atoms with Crippen LogP contribution >= 0.6 is 0 Å². The first-order valence-corrected chi connectivity index (χ1v) is 6.22. The number of nitrogens with one attached hydrogen (secondary N) is 2. The molecule has 0 radical (unpaired) electrons. The number of rotatable bonds is 5. The molecule has 2 N–H and O–H groups in total. The fourth-order valence-electron chi connectivity index (χ4n) is 1.82. The van der Waals surface area contributed by atoms with Gasteiger partial charge in [0.15, 0.2) is 0 Å². The zero-order valence-electron chi connectivity index (χ0n) is 11.7. The quantitative estimate of drug-likeness (QED) is 0.780. The van der Waals surface area contributed by atoms with Crippen molar-refractivity contribution in [2.24, 2.45) is 0 Å². The molecule has 0 fully saturated rings. The van der Waals surface area contributed by atoms with Crippen LogP contribution in [0.15, 0.2) is 18.2 Å². The second-order valence-electron chi connectivity index (χ2n) is 4.80. The van der Waals surface area contributed by atoms with Crippen molar-refractivity contribution in [2.45, 2.75) is 20.4 Å². The Labute approximate surface area is 109 Å². The summed E-state index contributed by atoms with van der Waals surface area (Å²) in [5.41, 5.74) is 3.85. The second kappa shape index (κ2) is 7.01. The first-order chi connectivity index (χ1) is 8.49. The largest absolute Gasteiger partial charge is 0.337 e. The number of aryl methyl sites for hydroxylation is 2. The fraction of sp³-hybridized carbons (Fsp3) is 0.500. The molecular weight excluding hydrogens is 226 g/mol. The summed E-state index contributed by atoms with van der Waals surface area (Å²) in [5.74, 6) is 0. The van der Waals surface area contributed by atoms with Gasteiger partial charge in [0.05, 0.1) is 0 Å². The van der Waals surface area contributed by atoms with Gasteiger partial charge < -0.3 is 15.5 Å². The highest BCUT2D eigenvalue weighted by atomic mass is 16.2. The van der Waals surface area contributed by atoms with Crippen molar-refractivity contribution in [3.8, 4) is 0 Å². The molecule has 4 heteroatoms. The molecule has 1 rings (SSSR count). The molecule has 1 aromatic rings. The van der Waals surface area contributed by atoms with Crippen LogP contribution in [0.1, 0.15) is 16.7 Å². The number of nitrogens with zero attached hydrogens (tertiary/aromatic N) is 1. The average Bonchev–Trinajstić information content (AvgIpc) is 2.26. The van der Waals surface area contributed by atoms with Crippen LogP contribution in [0.5, 0.6) is 0 Å². The van der Waals surface area contributed by atoms with E-state index in [9.17, 15) is 4.79 Å². The first-order valence-electron chi connectivity index (χ1n) is 6.22. The number of urea groups is 1. The molecule has 2 amide bonds. The number of carbonyl (C=O) groups is 1. The third-order valence-corrected chi connectivity index (χ3v) is 2.59. The Kier molecular flexibility index (Phi) is 5.65. The molecule has 0 atom stereocenters. The summed E-state index contributed by atoms with van der Waals surface area (Å²) in [6, 6.07) is 6.47. The Morgan fingerprint density at radius 3 is 2.28 bits per heavy atom. The predicted molar refractivity (Wildman–Crippen MR) is 74.7 cm³/mol. The molecule has 0 saturated heterocycles. The van der Waals surface area contributed by atoms with Gasteiger partial charge in [0, 0.05) is 33.7 Å². The number of carbonyl (C=O) groups excluding carboxylic acids is 1. The summed E-state index contributed by atoms with van der Waals surface area (Å²) in [6.45, 7) is 6.45. The highest BCUT2D eigenvalue weighted by Crippen LogP contribution is 2.08. The standard InChI is InChI=1S/C14H23N3O/c1-11-7-12(2)9-13(8-11)10-15-5-6-16-14(18)17(3)4/h7-9,15H,5-6,10H2,1-4H3,(H,16,18). The Balaban J connectivity index is 2.24. The normalized spacial score (nSPS) is 10.2. The Morgan fingerprint density at radius 1 is 1.11 bits per heavy atom. The number of hydrogen-bond acceptors (Lipinski definition) is 2. The van der Waals surface area contributed by atoms with Crippen LogP contribution in [0, 0.1) is 13.8 Å². The maximum absolute atomic E-state index is 11.3. The van der Waals surface area contributed by atoms with E-state index in [-0.39, 0.29) is 6.03 Å². The van der Waals surface area contributed by atoms with Crippen molar-refractivity contribution >= 4 is 6.03 Å². The van der Waals surface area contributed by atoms with Gasteiger partial charge in [0.2, 0.25) is 0 Å². The van der Waals surface area contributed by atoms with Gasteiger partial charge in [0.25, 0.3) is 0 Å². The van der Waals surface area contributed by atoms with E-state index >= 15 is 0 Å².